The van der Waals surface area contributed by atoms with Crippen molar-refractivity contribution in [3.63, 3.8) is 0 Å². The van der Waals surface area contributed by atoms with Crippen molar-refractivity contribution in [2.24, 2.45) is 11.3 Å². The van der Waals surface area contributed by atoms with Gasteiger partial charge in [-0.1, -0.05) is 27.7 Å². The van der Waals surface area contributed by atoms with Crippen molar-refractivity contribution in [2.75, 3.05) is 19.6 Å². The molecule has 2 nitrogen and oxygen atoms in total. The first-order chi connectivity index (χ1) is 9.52. The van der Waals surface area contributed by atoms with E-state index in [1.54, 1.807) is 0 Å². The standard InChI is InChI=1S/C18H36N2/c1-5-13-20(17-7-6-12-19-14-17)16-10-8-15(9-11-16)18(2,3)4/h15-17,19H,5-14H2,1-4H3. The Balaban J connectivity index is 1.90. The zero-order valence-corrected chi connectivity index (χ0v) is 14.3. The minimum atomic E-state index is 0.507. The highest BCUT2D eigenvalue weighted by atomic mass is 15.2. The van der Waals surface area contributed by atoms with Crippen molar-refractivity contribution in [1.82, 2.24) is 10.2 Å². The average Bonchev–Trinajstić information content (AvgIpc) is 2.45. The molecule has 1 aliphatic heterocycles. The van der Waals surface area contributed by atoms with Gasteiger partial charge in [-0.2, -0.15) is 0 Å². The Bertz CT molecular complexity index is 268. The summed E-state index contributed by atoms with van der Waals surface area (Å²) < 4.78 is 0. The van der Waals surface area contributed by atoms with Crippen LogP contribution in [0.15, 0.2) is 0 Å². The van der Waals surface area contributed by atoms with Crippen LogP contribution in [-0.4, -0.2) is 36.6 Å². The van der Waals surface area contributed by atoms with Crippen molar-refractivity contribution in [2.45, 2.75) is 84.7 Å². The van der Waals surface area contributed by atoms with Gasteiger partial charge >= 0.3 is 0 Å². The number of hydrogen-bond acceptors (Lipinski definition) is 2. The molecular weight excluding hydrogens is 244 g/mol. The molecule has 2 rings (SSSR count). The van der Waals surface area contributed by atoms with E-state index in [-0.39, 0.29) is 0 Å². The molecule has 1 unspecified atom stereocenters. The van der Waals surface area contributed by atoms with Gasteiger partial charge in [-0.05, 0) is 69.4 Å². The van der Waals surface area contributed by atoms with E-state index in [4.69, 9.17) is 0 Å². The lowest BCUT2D eigenvalue weighted by Crippen LogP contribution is -2.51. The molecule has 2 aliphatic rings. The summed E-state index contributed by atoms with van der Waals surface area (Å²) >= 11 is 0. The fourth-order valence-electron chi connectivity index (χ4n) is 4.31. The third-order valence-corrected chi connectivity index (χ3v) is 5.61. The molecule has 0 aromatic heterocycles. The Morgan fingerprint density at radius 1 is 1.00 bits per heavy atom. The fraction of sp³-hybridized carbons (Fsp3) is 1.00. The quantitative estimate of drug-likeness (QED) is 0.835. The number of rotatable bonds is 4. The second kappa shape index (κ2) is 7.26. The van der Waals surface area contributed by atoms with Gasteiger partial charge in [-0.3, -0.25) is 4.90 Å². The van der Waals surface area contributed by atoms with Crippen LogP contribution in [0.4, 0.5) is 0 Å². The summed E-state index contributed by atoms with van der Waals surface area (Å²) in [7, 11) is 0. The maximum Gasteiger partial charge on any atom is 0.0224 e. The average molecular weight is 280 g/mol. The summed E-state index contributed by atoms with van der Waals surface area (Å²) in [6.45, 7) is 13.4. The van der Waals surface area contributed by atoms with Crippen LogP contribution in [0.1, 0.15) is 72.6 Å². The van der Waals surface area contributed by atoms with Crippen molar-refractivity contribution < 1.29 is 0 Å². The lowest BCUT2D eigenvalue weighted by atomic mass is 9.71. The summed E-state index contributed by atoms with van der Waals surface area (Å²) in [5.74, 6) is 0.937. The highest BCUT2D eigenvalue weighted by Gasteiger charge is 2.34. The predicted octanol–water partition coefficient (Wildman–Crippen LogP) is 4.06. The molecule has 1 heterocycles. The molecule has 20 heavy (non-hydrogen) atoms. The molecule has 0 spiro atoms. The Hall–Kier alpha value is -0.0800. The SMILES string of the molecule is CCCN(C1CCC(C(C)(C)C)CC1)C1CCCNC1. The van der Waals surface area contributed by atoms with Crippen LogP contribution in [0, 0.1) is 11.3 Å². The first-order valence-electron chi connectivity index (χ1n) is 8.99. The van der Waals surface area contributed by atoms with Gasteiger partial charge in [-0.25, -0.2) is 0 Å². The van der Waals surface area contributed by atoms with E-state index >= 15 is 0 Å². The van der Waals surface area contributed by atoms with E-state index in [1.165, 1.54) is 64.6 Å². The minimum absolute atomic E-state index is 0.507. The van der Waals surface area contributed by atoms with Crippen LogP contribution in [0.5, 0.6) is 0 Å². The van der Waals surface area contributed by atoms with Crippen LogP contribution in [-0.2, 0) is 0 Å². The Morgan fingerprint density at radius 2 is 1.70 bits per heavy atom. The number of hydrogen-bond donors (Lipinski definition) is 1. The van der Waals surface area contributed by atoms with Gasteiger partial charge in [0, 0.05) is 18.6 Å². The number of piperidine rings is 1. The smallest absolute Gasteiger partial charge is 0.0224 e. The molecule has 1 aliphatic carbocycles. The molecule has 0 radical (unpaired) electrons. The Kier molecular flexibility index (Phi) is 5.92. The molecule has 1 atom stereocenters. The van der Waals surface area contributed by atoms with E-state index in [9.17, 15) is 0 Å². The molecule has 1 saturated carbocycles. The first-order valence-corrected chi connectivity index (χ1v) is 8.99. The normalized spacial score (nSPS) is 32.5. The van der Waals surface area contributed by atoms with Gasteiger partial charge < -0.3 is 5.32 Å². The van der Waals surface area contributed by atoms with Crippen LogP contribution in [0.2, 0.25) is 0 Å². The van der Waals surface area contributed by atoms with Crippen LogP contribution in [0.25, 0.3) is 0 Å². The largest absolute Gasteiger partial charge is 0.315 e. The topological polar surface area (TPSA) is 15.3 Å². The highest BCUT2D eigenvalue weighted by Crippen LogP contribution is 2.39. The summed E-state index contributed by atoms with van der Waals surface area (Å²) in [4.78, 5) is 2.87. The maximum atomic E-state index is 3.60. The fourth-order valence-corrected chi connectivity index (χ4v) is 4.31. The molecule has 0 aromatic carbocycles. The molecule has 1 saturated heterocycles. The zero-order chi connectivity index (χ0) is 14.6. The van der Waals surface area contributed by atoms with Gasteiger partial charge in [0.25, 0.3) is 0 Å². The van der Waals surface area contributed by atoms with Crippen LogP contribution < -0.4 is 5.32 Å². The molecule has 2 fully saturated rings. The van der Waals surface area contributed by atoms with Crippen molar-refractivity contribution >= 4 is 0 Å². The van der Waals surface area contributed by atoms with Gasteiger partial charge in [0.1, 0.15) is 0 Å². The van der Waals surface area contributed by atoms with Crippen LogP contribution >= 0.6 is 0 Å². The number of nitrogens with one attached hydrogen (secondary N) is 1. The summed E-state index contributed by atoms with van der Waals surface area (Å²) in [6, 6.07) is 1.67. The molecule has 1 N–H and O–H groups in total. The van der Waals surface area contributed by atoms with E-state index < -0.39 is 0 Å². The van der Waals surface area contributed by atoms with Crippen molar-refractivity contribution in [3.05, 3.63) is 0 Å². The van der Waals surface area contributed by atoms with E-state index in [0.717, 1.165) is 18.0 Å². The van der Waals surface area contributed by atoms with E-state index in [2.05, 4.69) is 37.9 Å². The molecule has 0 amide bonds. The monoisotopic (exact) mass is 280 g/mol. The summed E-state index contributed by atoms with van der Waals surface area (Å²) in [6.07, 6.45) is 9.81. The molecule has 2 heteroatoms. The van der Waals surface area contributed by atoms with Gasteiger partial charge in [0.15, 0.2) is 0 Å². The molecule has 118 valence electrons. The molecular formula is C18H36N2. The zero-order valence-electron chi connectivity index (χ0n) is 14.3. The predicted molar refractivity (Wildman–Crippen MR) is 88.1 cm³/mol. The molecule has 0 bridgehead atoms. The van der Waals surface area contributed by atoms with Gasteiger partial charge in [-0.15, -0.1) is 0 Å². The Morgan fingerprint density at radius 3 is 2.20 bits per heavy atom. The maximum absolute atomic E-state index is 3.60. The van der Waals surface area contributed by atoms with Crippen molar-refractivity contribution in [1.29, 1.82) is 0 Å². The van der Waals surface area contributed by atoms with Crippen molar-refractivity contribution in [3.8, 4) is 0 Å². The number of nitrogens with zero attached hydrogens (tertiary/aromatic N) is 1. The third-order valence-electron chi connectivity index (χ3n) is 5.61. The first kappa shape index (κ1) is 16.3. The van der Waals surface area contributed by atoms with E-state index in [0.29, 0.717) is 5.41 Å². The lowest BCUT2D eigenvalue weighted by Gasteiger charge is -2.45. The highest BCUT2D eigenvalue weighted by molar-refractivity contribution is 4.88. The Labute approximate surface area is 126 Å². The second-order valence-corrected chi connectivity index (χ2v) is 8.11. The van der Waals surface area contributed by atoms with E-state index in [1.807, 2.05) is 0 Å². The second-order valence-electron chi connectivity index (χ2n) is 8.11. The molecule has 0 aromatic rings. The summed E-state index contributed by atoms with van der Waals surface area (Å²) in [5.41, 5.74) is 0.507. The lowest BCUT2D eigenvalue weighted by molar-refractivity contribution is 0.0565. The van der Waals surface area contributed by atoms with Gasteiger partial charge in [0.2, 0.25) is 0 Å². The summed E-state index contributed by atoms with van der Waals surface area (Å²) in [5, 5.41) is 3.60. The van der Waals surface area contributed by atoms with Gasteiger partial charge in [0.05, 0.1) is 0 Å². The minimum Gasteiger partial charge on any atom is -0.315 e. The third kappa shape index (κ3) is 4.21. The van der Waals surface area contributed by atoms with Crippen LogP contribution in [0.3, 0.4) is 0 Å².